The van der Waals surface area contributed by atoms with Crippen molar-refractivity contribution >= 4 is 47.2 Å². The summed E-state index contributed by atoms with van der Waals surface area (Å²) in [6, 6.07) is 19.2. The van der Waals surface area contributed by atoms with Gasteiger partial charge in [-0.3, -0.25) is 9.89 Å². The van der Waals surface area contributed by atoms with Gasteiger partial charge in [0.2, 0.25) is 11.1 Å². The third-order valence-corrected chi connectivity index (χ3v) is 5.53. The van der Waals surface area contributed by atoms with Crippen LogP contribution >= 0.6 is 23.4 Å². The summed E-state index contributed by atoms with van der Waals surface area (Å²) in [5.74, 6) is 1.24. The van der Waals surface area contributed by atoms with Gasteiger partial charge in [-0.2, -0.15) is 5.10 Å². The minimum atomic E-state index is -0.169. The summed E-state index contributed by atoms with van der Waals surface area (Å²) in [7, 11) is 0. The number of carbonyl (C=O) groups excluding carboxylic acids is 1. The van der Waals surface area contributed by atoms with Crippen LogP contribution in [0.15, 0.2) is 72.0 Å². The summed E-state index contributed by atoms with van der Waals surface area (Å²) in [5, 5.41) is 15.3. The Kier molecular flexibility index (Phi) is 6.81. The zero-order valence-electron chi connectivity index (χ0n) is 16.4. The van der Waals surface area contributed by atoms with Crippen molar-refractivity contribution in [1.82, 2.24) is 25.0 Å². The van der Waals surface area contributed by atoms with Gasteiger partial charge in [0.05, 0.1) is 18.5 Å². The Bertz CT molecular complexity index is 1190. The number of H-pyrrole nitrogens is 1. The van der Waals surface area contributed by atoms with Crippen LogP contribution in [0.25, 0.3) is 12.2 Å². The van der Waals surface area contributed by atoms with Crippen LogP contribution in [-0.2, 0) is 11.3 Å². The summed E-state index contributed by atoms with van der Waals surface area (Å²) < 4.78 is 1.70. The molecule has 0 saturated heterocycles. The second-order valence-corrected chi connectivity index (χ2v) is 7.90. The Balaban J connectivity index is 1.31. The number of nitrogens with one attached hydrogen (secondary N) is 2. The summed E-state index contributed by atoms with van der Waals surface area (Å²) in [5.41, 5.74) is 2.00. The van der Waals surface area contributed by atoms with Crippen molar-refractivity contribution in [2.75, 3.05) is 11.1 Å². The lowest BCUT2D eigenvalue weighted by molar-refractivity contribution is -0.113. The highest BCUT2D eigenvalue weighted by molar-refractivity contribution is 7.99. The molecule has 2 aromatic carbocycles. The van der Waals surface area contributed by atoms with Gasteiger partial charge >= 0.3 is 0 Å². The van der Waals surface area contributed by atoms with Gasteiger partial charge in [-0.15, -0.1) is 5.10 Å². The molecule has 0 aliphatic rings. The van der Waals surface area contributed by atoms with Gasteiger partial charge in [-0.05, 0) is 23.3 Å². The van der Waals surface area contributed by atoms with Crippen LogP contribution in [0.2, 0.25) is 5.02 Å². The first-order valence-electron chi connectivity index (χ1n) is 9.51. The van der Waals surface area contributed by atoms with E-state index in [0.717, 1.165) is 11.1 Å². The zero-order chi connectivity index (χ0) is 21.5. The number of amides is 1. The van der Waals surface area contributed by atoms with E-state index in [2.05, 4.69) is 25.6 Å². The molecule has 0 aliphatic heterocycles. The molecule has 4 aromatic rings. The highest BCUT2D eigenvalue weighted by atomic mass is 35.5. The van der Waals surface area contributed by atoms with Gasteiger partial charge in [0, 0.05) is 11.1 Å². The van der Waals surface area contributed by atoms with Gasteiger partial charge in [0.15, 0.2) is 0 Å². The van der Waals surface area contributed by atoms with Crippen LogP contribution in [0.4, 0.5) is 5.82 Å². The van der Waals surface area contributed by atoms with E-state index in [1.165, 1.54) is 11.8 Å². The standard InChI is InChI=1S/C22H19ClN6OS/c23-18-9-5-4-8-17(18)14-29-20(12-13-24-29)26-21(30)15-31-22-25-19(27-28-22)11-10-16-6-2-1-3-7-16/h1-13H,14-15H2,(H,26,30)(H,25,27,28)/b11-10+. The minimum Gasteiger partial charge on any atom is -0.310 e. The average Bonchev–Trinajstić information content (AvgIpc) is 3.42. The second kappa shape index (κ2) is 10.1. The molecule has 0 spiro atoms. The molecule has 0 saturated carbocycles. The van der Waals surface area contributed by atoms with E-state index in [1.807, 2.05) is 66.7 Å². The first-order valence-corrected chi connectivity index (χ1v) is 10.9. The number of aromatic amines is 1. The highest BCUT2D eigenvalue weighted by Gasteiger charge is 2.11. The second-order valence-electron chi connectivity index (χ2n) is 6.55. The fraction of sp³-hybridized carbons (Fsp3) is 0.0909. The van der Waals surface area contributed by atoms with Crippen molar-refractivity contribution in [1.29, 1.82) is 0 Å². The maximum absolute atomic E-state index is 12.4. The lowest BCUT2D eigenvalue weighted by Gasteiger charge is -2.09. The third kappa shape index (κ3) is 5.84. The summed E-state index contributed by atoms with van der Waals surface area (Å²) in [6.07, 6.45) is 5.43. The molecule has 0 bridgehead atoms. The van der Waals surface area contributed by atoms with Gasteiger partial charge in [0.25, 0.3) is 0 Å². The van der Waals surface area contributed by atoms with Crippen LogP contribution in [0.5, 0.6) is 0 Å². The maximum Gasteiger partial charge on any atom is 0.235 e. The molecule has 9 heteroatoms. The predicted molar refractivity (Wildman–Crippen MR) is 124 cm³/mol. The van der Waals surface area contributed by atoms with Crippen LogP contribution in [-0.4, -0.2) is 36.6 Å². The van der Waals surface area contributed by atoms with E-state index >= 15 is 0 Å². The molecule has 0 unspecified atom stereocenters. The molecule has 2 N–H and O–H groups in total. The van der Waals surface area contributed by atoms with E-state index in [9.17, 15) is 4.79 Å². The third-order valence-electron chi connectivity index (χ3n) is 4.31. The Morgan fingerprint density at radius 3 is 2.74 bits per heavy atom. The van der Waals surface area contributed by atoms with Gasteiger partial charge in [-0.1, -0.05) is 78.0 Å². The van der Waals surface area contributed by atoms with Crippen molar-refractivity contribution in [2.24, 2.45) is 0 Å². The molecule has 0 atom stereocenters. The predicted octanol–water partition coefficient (Wildman–Crippen LogP) is 4.60. The Labute approximate surface area is 188 Å². The molecular formula is C22H19ClN6OS. The van der Waals surface area contributed by atoms with Crippen molar-refractivity contribution in [3.05, 3.63) is 88.8 Å². The molecule has 0 radical (unpaired) electrons. The number of rotatable bonds is 8. The molecule has 0 fully saturated rings. The van der Waals surface area contributed by atoms with Crippen molar-refractivity contribution in [2.45, 2.75) is 11.7 Å². The van der Waals surface area contributed by atoms with Crippen LogP contribution in [0, 0.1) is 0 Å². The fourth-order valence-electron chi connectivity index (χ4n) is 2.80. The average molecular weight is 451 g/mol. The molecule has 31 heavy (non-hydrogen) atoms. The number of hydrogen-bond donors (Lipinski definition) is 2. The number of benzene rings is 2. The Morgan fingerprint density at radius 2 is 1.90 bits per heavy atom. The van der Waals surface area contributed by atoms with E-state index in [1.54, 1.807) is 16.9 Å². The van der Waals surface area contributed by atoms with Gasteiger partial charge < -0.3 is 5.32 Å². The normalized spacial score (nSPS) is 11.1. The molecule has 7 nitrogen and oxygen atoms in total. The van der Waals surface area contributed by atoms with E-state index in [-0.39, 0.29) is 11.7 Å². The molecule has 0 aliphatic carbocycles. The highest BCUT2D eigenvalue weighted by Crippen LogP contribution is 2.19. The van der Waals surface area contributed by atoms with Gasteiger partial charge in [-0.25, -0.2) is 9.67 Å². The molecular weight excluding hydrogens is 432 g/mol. The minimum absolute atomic E-state index is 0.169. The first-order chi connectivity index (χ1) is 15.2. The number of halogens is 1. The molecule has 2 heterocycles. The number of carbonyl (C=O) groups is 1. The quantitative estimate of drug-likeness (QED) is 0.383. The number of hydrogen-bond acceptors (Lipinski definition) is 5. The molecule has 1 amide bonds. The monoisotopic (exact) mass is 450 g/mol. The number of thioether (sulfide) groups is 1. The van der Waals surface area contributed by atoms with Crippen LogP contribution < -0.4 is 5.32 Å². The number of aromatic nitrogens is 5. The van der Waals surface area contributed by atoms with Crippen LogP contribution in [0.1, 0.15) is 17.0 Å². The van der Waals surface area contributed by atoms with Gasteiger partial charge in [0.1, 0.15) is 11.6 Å². The van der Waals surface area contributed by atoms with Crippen LogP contribution in [0.3, 0.4) is 0 Å². The van der Waals surface area contributed by atoms with Crippen molar-refractivity contribution < 1.29 is 4.79 Å². The van der Waals surface area contributed by atoms with E-state index in [4.69, 9.17) is 11.6 Å². The summed E-state index contributed by atoms with van der Waals surface area (Å²) >= 11 is 7.48. The lowest BCUT2D eigenvalue weighted by Crippen LogP contribution is -2.18. The van der Waals surface area contributed by atoms with Crippen molar-refractivity contribution in [3.8, 4) is 0 Å². The SMILES string of the molecule is O=C(CSc1n[nH]c(/C=C/c2ccccc2)n1)Nc1ccnn1Cc1ccccc1Cl. The Morgan fingerprint density at radius 1 is 1.10 bits per heavy atom. The largest absolute Gasteiger partial charge is 0.310 e. The number of nitrogens with zero attached hydrogens (tertiary/aromatic N) is 4. The summed E-state index contributed by atoms with van der Waals surface area (Å²) in [4.78, 5) is 16.8. The fourth-order valence-corrected chi connectivity index (χ4v) is 3.60. The maximum atomic E-state index is 12.4. The molecule has 156 valence electrons. The molecule has 2 aromatic heterocycles. The number of anilines is 1. The topological polar surface area (TPSA) is 88.5 Å². The smallest absolute Gasteiger partial charge is 0.235 e. The van der Waals surface area contributed by atoms with Crippen molar-refractivity contribution in [3.63, 3.8) is 0 Å². The zero-order valence-corrected chi connectivity index (χ0v) is 18.0. The molecule has 4 rings (SSSR count). The summed E-state index contributed by atoms with van der Waals surface area (Å²) in [6.45, 7) is 0.466. The van der Waals surface area contributed by atoms with E-state index < -0.39 is 0 Å². The van der Waals surface area contributed by atoms with E-state index in [0.29, 0.717) is 28.4 Å². The first kappa shape index (κ1) is 20.9. The Hall–Kier alpha value is -3.36. The lowest BCUT2D eigenvalue weighted by atomic mass is 10.2.